The van der Waals surface area contributed by atoms with Crippen molar-refractivity contribution in [1.82, 2.24) is 0 Å². The highest BCUT2D eigenvalue weighted by Crippen LogP contribution is 3.13. The van der Waals surface area contributed by atoms with Crippen LogP contribution in [0.3, 0.4) is 0 Å². The normalized spacial score (nSPS) is 37.1. The Morgan fingerprint density at radius 2 is 0.821 bits per heavy atom. The Labute approximate surface area is 324 Å². The minimum atomic E-state index is -4.68. The van der Waals surface area contributed by atoms with Crippen LogP contribution in [-0.4, -0.2) is 78.7 Å². The molecule has 6 atom stereocenters. The maximum absolute atomic E-state index is 16.7. The first kappa shape index (κ1) is 38.2. The predicted octanol–water partition coefficient (Wildman–Crippen LogP) is 5.96. The van der Waals surface area contributed by atoms with E-state index in [1.807, 2.05) is 27.7 Å². The Balaban J connectivity index is 1.49. The second-order valence-corrected chi connectivity index (χ2v) is 22.4. The topological polar surface area (TPSA) is 176 Å². The fourth-order valence-electron chi connectivity index (χ4n) is 13.1. The van der Waals surface area contributed by atoms with Crippen LogP contribution in [0.4, 0.5) is 0 Å². The SMILES string of the molecule is COC(=O)C1(C(=O)OC)C[C@@]23[C@@H]1c1ccccc1[C@]2(P1(=O)OCC(C)(C)CO1)[C@@]1(P2(=O)OCC(C)(C)CO2)c2ccccc2[C@@H]2C(C(=O)OC)(C(=O)OC)C[C@]231. The zero-order valence-corrected chi connectivity index (χ0v) is 34.4. The van der Waals surface area contributed by atoms with Crippen molar-refractivity contribution in [1.29, 1.82) is 0 Å². The molecule has 0 unspecified atom stereocenters. The molecule has 16 heteroatoms. The van der Waals surface area contributed by atoms with Gasteiger partial charge in [-0.2, -0.15) is 0 Å². The molecule has 0 amide bonds. The van der Waals surface area contributed by atoms with E-state index in [4.69, 9.17) is 37.0 Å². The van der Waals surface area contributed by atoms with Gasteiger partial charge in [0.25, 0.3) is 0 Å². The Morgan fingerprint density at radius 1 is 0.536 bits per heavy atom. The lowest BCUT2D eigenvalue weighted by Gasteiger charge is -2.88. The Bertz CT molecular complexity index is 2030. The Hall–Kier alpha value is -3.38. The van der Waals surface area contributed by atoms with Crippen molar-refractivity contribution in [2.75, 3.05) is 54.9 Å². The summed E-state index contributed by atoms with van der Waals surface area (Å²) in [5.41, 5.74) is -6.69. The average molecular weight is 813 g/mol. The number of fused-ring (bicyclic) bond motifs is 7. The number of carbonyl (C=O) groups is 4. The van der Waals surface area contributed by atoms with Crippen LogP contribution >= 0.6 is 15.2 Å². The number of benzene rings is 2. The van der Waals surface area contributed by atoms with E-state index >= 15 is 9.13 Å². The second kappa shape index (κ2) is 11.2. The molecular formula is C40H46O14P2. The van der Waals surface area contributed by atoms with Gasteiger partial charge in [-0.05, 0) is 35.1 Å². The first-order valence-corrected chi connectivity index (χ1v) is 21.8. The monoisotopic (exact) mass is 812 g/mol. The molecule has 0 aromatic heterocycles. The first-order valence-electron chi connectivity index (χ1n) is 18.7. The van der Waals surface area contributed by atoms with Gasteiger partial charge in [-0.25, -0.2) is 0 Å². The summed E-state index contributed by atoms with van der Waals surface area (Å²) in [7, 11) is -4.66. The Kier molecular flexibility index (Phi) is 7.64. The lowest BCUT2D eigenvalue weighted by atomic mass is 9.18. The van der Waals surface area contributed by atoms with Gasteiger partial charge in [-0.15, -0.1) is 0 Å². The van der Waals surface area contributed by atoms with Gasteiger partial charge < -0.3 is 37.0 Å². The highest BCUT2D eigenvalue weighted by atomic mass is 31.2. The third-order valence-corrected chi connectivity index (χ3v) is 20.2. The molecule has 3 saturated carbocycles. The van der Waals surface area contributed by atoms with Gasteiger partial charge in [0, 0.05) is 33.5 Å². The third kappa shape index (κ3) is 3.50. The maximum atomic E-state index is 16.7. The Morgan fingerprint density at radius 3 is 1.11 bits per heavy atom. The van der Waals surface area contributed by atoms with Gasteiger partial charge in [0.2, 0.25) is 0 Å². The van der Waals surface area contributed by atoms with Gasteiger partial charge in [-0.3, -0.25) is 28.3 Å². The predicted molar refractivity (Wildman–Crippen MR) is 195 cm³/mol. The molecule has 7 aliphatic rings. The van der Waals surface area contributed by atoms with Crippen LogP contribution in [0.2, 0.25) is 0 Å². The molecule has 2 spiro atoms. The fraction of sp³-hybridized carbons (Fsp3) is 0.600. The van der Waals surface area contributed by atoms with E-state index in [1.54, 1.807) is 48.5 Å². The highest BCUT2D eigenvalue weighted by molar-refractivity contribution is 7.60. The number of rotatable bonds is 6. The van der Waals surface area contributed by atoms with Crippen LogP contribution in [0.15, 0.2) is 48.5 Å². The lowest BCUT2D eigenvalue weighted by Crippen LogP contribution is -2.92. The van der Waals surface area contributed by atoms with Crippen molar-refractivity contribution < 1.29 is 65.4 Å². The zero-order chi connectivity index (χ0) is 40.3. The van der Waals surface area contributed by atoms with E-state index in [0.29, 0.717) is 22.3 Å². The summed E-state index contributed by atoms with van der Waals surface area (Å²) >= 11 is 0. The number of ether oxygens (including phenoxy) is 4. The van der Waals surface area contributed by atoms with E-state index in [2.05, 4.69) is 0 Å². The molecule has 2 aromatic rings. The average Bonchev–Trinajstić information content (AvgIpc) is 3.47. The molecule has 2 heterocycles. The molecular weight excluding hydrogens is 766 g/mol. The summed E-state index contributed by atoms with van der Waals surface area (Å²) in [6.45, 7) is 7.54. The summed E-state index contributed by atoms with van der Waals surface area (Å²) in [5.74, 6) is -5.87. The third-order valence-electron chi connectivity index (χ3n) is 14.5. The molecule has 9 rings (SSSR count). The van der Waals surface area contributed by atoms with Gasteiger partial charge in [-0.1, -0.05) is 76.2 Å². The molecule has 0 N–H and O–H groups in total. The summed E-state index contributed by atoms with van der Waals surface area (Å²) in [4.78, 5) is 57.4. The number of hydrogen-bond donors (Lipinski definition) is 0. The van der Waals surface area contributed by atoms with E-state index in [-0.39, 0.29) is 39.3 Å². The van der Waals surface area contributed by atoms with Crippen molar-refractivity contribution >= 4 is 39.1 Å². The molecule has 5 aliphatic carbocycles. The van der Waals surface area contributed by atoms with Crippen LogP contribution in [0, 0.1) is 32.5 Å². The largest absolute Gasteiger partial charge is 0.468 e. The van der Waals surface area contributed by atoms with Crippen LogP contribution in [0.25, 0.3) is 0 Å². The van der Waals surface area contributed by atoms with Gasteiger partial charge in [0.05, 0.1) is 54.9 Å². The molecule has 300 valence electrons. The molecule has 0 radical (unpaired) electrons. The van der Waals surface area contributed by atoms with Crippen LogP contribution in [0.1, 0.15) is 74.6 Å². The van der Waals surface area contributed by atoms with Gasteiger partial charge >= 0.3 is 39.1 Å². The van der Waals surface area contributed by atoms with E-state index in [0.717, 1.165) is 0 Å². The summed E-state index contributed by atoms with van der Waals surface area (Å²) in [6, 6.07) is 13.9. The molecule has 14 nitrogen and oxygen atoms in total. The van der Waals surface area contributed by atoms with E-state index in [1.165, 1.54) is 28.4 Å². The number of carbonyl (C=O) groups excluding carboxylic acids is 4. The smallest absolute Gasteiger partial charge is 0.343 e. The lowest BCUT2D eigenvalue weighted by molar-refractivity contribution is -0.340. The van der Waals surface area contributed by atoms with Crippen molar-refractivity contribution in [3.8, 4) is 0 Å². The molecule has 2 aliphatic heterocycles. The standard InChI is InChI=1S/C40H46O14P2/c1-33(2)19-51-55(45,52-20-33)39-25-15-11-9-13-23(25)27-35(29(41)47-5,30(42)48-6)17-37(27,39)38-18-36(31(43)49-7,32(44)50-8)28(38)24-14-10-12-16-26(24)40(38,39)56(46)53-21-34(3,4)22-54-56/h9-16,27-28H,17-22H2,1-8H3/t27-,28-,37+,38+,39-,40-/m1/s1. The minimum Gasteiger partial charge on any atom is -0.468 e. The zero-order valence-electron chi connectivity index (χ0n) is 32.6. The number of esters is 4. The molecule has 2 saturated heterocycles. The summed E-state index contributed by atoms with van der Waals surface area (Å²) < 4.78 is 81.6. The highest BCUT2D eigenvalue weighted by Gasteiger charge is 3.12. The van der Waals surface area contributed by atoms with Crippen molar-refractivity contribution in [2.45, 2.75) is 62.7 Å². The maximum Gasteiger partial charge on any atom is 0.343 e. The molecule has 0 bridgehead atoms. The van der Waals surface area contributed by atoms with Gasteiger partial charge in [0.15, 0.2) is 10.8 Å². The molecule has 5 fully saturated rings. The van der Waals surface area contributed by atoms with Crippen molar-refractivity contribution in [3.63, 3.8) is 0 Å². The summed E-state index contributed by atoms with van der Waals surface area (Å²) in [5, 5.41) is -3.98. The van der Waals surface area contributed by atoms with Crippen LogP contribution in [-0.2, 0) is 75.7 Å². The minimum absolute atomic E-state index is 0.0183. The van der Waals surface area contributed by atoms with Crippen LogP contribution in [0.5, 0.6) is 0 Å². The van der Waals surface area contributed by atoms with Crippen molar-refractivity contribution in [3.05, 3.63) is 70.8 Å². The second-order valence-electron chi connectivity index (χ2n) is 18.1. The van der Waals surface area contributed by atoms with E-state index in [9.17, 15) is 19.2 Å². The van der Waals surface area contributed by atoms with Gasteiger partial charge in [0.1, 0.15) is 10.3 Å². The quantitative estimate of drug-likeness (QED) is 0.144. The van der Waals surface area contributed by atoms with Crippen molar-refractivity contribution in [2.24, 2.45) is 32.5 Å². The molecule has 2 aromatic carbocycles. The van der Waals surface area contributed by atoms with E-state index < -0.39 is 93.7 Å². The number of methoxy groups -OCH3 is 4. The first-order chi connectivity index (χ1) is 26.4. The number of hydrogen-bond acceptors (Lipinski definition) is 14. The fourth-order valence-corrected chi connectivity index (χ4v) is 21.1. The van der Waals surface area contributed by atoms with Crippen LogP contribution < -0.4 is 0 Å². The summed E-state index contributed by atoms with van der Waals surface area (Å²) in [6.07, 6.45) is -0.704. The molecule has 56 heavy (non-hydrogen) atoms.